The fourth-order valence-electron chi connectivity index (χ4n) is 2.00. The zero-order valence-electron chi connectivity index (χ0n) is 13.0. The van der Waals surface area contributed by atoms with Gasteiger partial charge >= 0.3 is 5.97 Å². The molecule has 0 aliphatic heterocycles. The molecule has 0 aliphatic rings. The van der Waals surface area contributed by atoms with Crippen molar-refractivity contribution in [3.05, 3.63) is 44.7 Å². The van der Waals surface area contributed by atoms with Crippen LogP contribution in [0, 0.1) is 13.8 Å². The largest absolute Gasteiger partial charge is 0.462 e. The summed E-state index contributed by atoms with van der Waals surface area (Å²) in [6.07, 6.45) is 0. The van der Waals surface area contributed by atoms with Gasteiger partial charge in [0.1, 0.15) is 5.00 Å². The Balaban J connectivity index is 2.17. The number of anilines is 2. The number of halogens is 1. The molecule has 1 aromatic carbocycles. The molecule has 23 heavy (non-hydrogen) atoms. The van der Waals surface area contributed by atoms with Crippen LogP contribution in [0.15, 0.2) is 28.7 Å². The van der Waals surface area contributed by atoms with Crippen LogP contribution < -0.4 is 10.6 Å². The zero-order valence-corrected chi connectivity index (χ0v) is 16.2. The number of ether oxygens (including phenoxy) is 1. The van der Waals surface area contributed by atoms with Crippen LogP contribution in [-0.4, -0.2) is 17.7 Å². The van der Waals surface area contributed by atoms with Gasteiger partial charge < -0.3 is 15.4 Å². The number of rotatable bonds is 4. The minimum atomic E-state index is -0.331. The third kappa shape index (κ3) is 4.53. The summed E-state index contributed by atoms with van der Waals surface area (Å²) in [7, 11) is 0. The smallest absolute Gasteiger partial charge is 0.341 e. The van der Waals surface area contributed by atoms with Crippen molar-refractivity contribution in [1.29, 1.82) is 0 Å². The van der Waals surface area contributed by atoms with Crippen LogP contribution in [0.2, 0.25) is 0 Å². The molecule has 0 saturated heterocycles. The molecule has 0 atom stereocenters. The Labute approximate surface area is 153 Å². The fraction of sp³-hybridized carbons (Fsp3) is 0.250. The number of carbonyl (C=O) groups is 1. The molecule has 0 aliphatic carbocycles. The Hall–Kier alpha value is -1.44. The molecular weight excluding hydrogens is 396 g/mol. The van der Waals surface area contributed by atoms with E-state index in [0.717, 1.165) is 20.6 Å². The second-order valence-corrected chi connectivity index (χ2v) is 7.35. The Bertz CT molecular complexity index is 744. The van der Waals surface area contributed by atoms with E-state index in [9.17, 15) is 4.79 Å². The third-order valence-electron chi connectivity index (χ3n) is 3.17. The highest BCUT2D eigenvalue weighted by atomic mass is 79.9. The molecule has 0 amide bonds. The number of hydrogen-bond acceptors (Lipinski definition) is 4. The molecule has 2 N–H and O–H groups in total. The van der Waals surface area contributed by atoms with Crippen molar-refractivity contribution in [2.24, 2.45) is 0 Å². The van der Waals surface area contributed by atoms with Gasteiger partial charge in [-0.1, -0.05) is 22.0 Å². The van der Waals surface area contributed by atoms with Crippen LogP contribution in [0.3, 0.4) is 0 Å². The number of nitrogens with one attached hydrogen (secondary N) is 2. The van der Waals surface area contributed by atoms with Crippen LogP contribution in [0.25, 0.3) is 0 Å². The minimum Gasteiger partial charge on any atom is -0.462 e. The van der Waals surface area contributed by atoms with E-state index in [0.29, 0.717) is 22.3 Å². The minimum absolute atomic E-state index is 0.331. The number of thiocarbonyl (C=S) groups is 1. The molecule has 0 unspecified atom stereocenters. The van der Waals surface area contributed by atoms with Crippen molar-refractivity contribution in [2.45, 2.75) is 20.8 Å². The second-order valence-electron chi connectivity index (χ2n) is 4.80. The first kappa shape index (κ1) is 17.9. The number of esters is 1. The van der Waals surface area contributed by atoms with E-state index in [1.54, 1.807) is 6.92 Å². The average molecular weight is 413 g/mol. The summed E-state index contributed by atoms with van der Waals surface area (Å²) >= 11 is 10.2. The first-order chi connectivity index (χ1) is 10.9. The predicted molar refractivity (Wildman–Crippen MR) is 104 cm³/mol. The maximum absolute atomic E-state index is 12.2. The topological polar surface area (TPSA) is 50.4 Å². The van der Waals surface area contributed by atoms with Crippen LogP contribution >= 0.6 is 39.5 Å². The summed E-state index contributed by atoms with van der Waals surface area (Å²) in [5, 5.41) is 7.33. The molecule has 0 bridgehead atoms. The Morgan fingerprint density at radius 2 is 2.09 bits per heavy atom. The number of hydrogen-bond donors (Lipinski definition) is 2. The van der Waals surface area contributed by atoms with Crippen molar-refractivity contribution < 1.29 is 9.53 Å². The first-order valence-electron chi connectivity index (χ1n) is 7.03. The van der Waals surface area contributed by atoms with Crippen LogP contribution in [0.5, 0.6) is 0 Å². The second kappa shape index (κ2) is 7.90. The molecule has 1 aromatic heterocycles. The molecule has 4 nitrogen and oxygen atoms in total. The lowest BCUT2D eigenvalue weighted by atomic mass is 10.1. The van der Waals surface area contributed by atoms with Gasteiger partial charge in [0.2, 0.25) is 0 Å². The van der Waals surface area contributed by atoms with Gasteiger partial charge in [0, 0.05) is 15.0 Å². The van der Waals surface area contributed by atoms with Crippen molar-refractivity contribution in [1.82, 2.24) is 0 Å². The Morgan fingerprint density at radius 1 is 1.35 bits per heavy atom. The molecule has 2 aromatic rings. The van der Waals surface area contributed by atoms with E-state index >= 15 is 0 Å². The highest BCUT2D eigenvalue weighted by Crippen LogP contribution is 2.33. The van der Waals surface area contributed by atoms with E-state index in [1.165, 1.54) is 11.3 Å². The Morgan fingerprint density at radius 3 is 2.74 bits per heavy atom. The lowest BCUT2D eigenvalue weighted by Gasteiger charge is -2.11. The quantitative estimate of drug-likeness (QED) is 0.539. The molecule has 0 fully saturated rings. The summed E-state index contributed by atoms with van der Waals surface area (Å²) in [6.45, 7) is 6.01. The first-order valence-corrected chi connectivity index (χ1v) is 9.04. The normalized spacial score (nSPS) is 10.3. The molecular formula is C16H17BrN2O2S2. The van der Waals surface area contributed by atoms with Crippen molar-refractivity contribution >= 4 is 61.3 Å². The summed E-state index contributed by atoms with van der Waals surface area (Å²) in [4.78, 5) is 13.2. The number of aryl methyl sites for hydroxylation is 1. The average Bonchev–Trinajstić information content (AvgIpc) is 2.73. The molecule has 2 rings (SSSR count). The van der Waals surface area contributed by atoms with Gasteiger partial charge in [-0.15, -0.1) is 11.3 Å². The van der Waals surface area contributed by atoms with Gasteiger partial charge in [-0.3, -0.25) is 0 Å². The maximum Gasteiger partial charge on any atom is 0.341 e. The summed E-state index contributed by atoms with van der Waals surface area (Å²) < 4.78 is 6.09. The highest BCUT2D eigenvalue weighted by molar-refractivity contribution is 9.10. The molecule has 122 valence electrons. The van der Waals surface area contributed by atoms with Crippen LogP contribution in [0.4, 0.5) is 10.7 Å². The maximum atomic E-state index is 12.2. The fourth-order valence-corrected chi connectivity index (χ4v) is 3.73. The van der Waals surface area contributed by atoms with Crippen LogP contribution in [0.1, 0.15) is 27.7 Å². The van der Waals surface area contributed by atoms with Gasteiger partial charge in [-0.25, -0.2) is 4.79 Å². The van der Waals surface area contributed by atoms with Gasteiger partial charge in [0.15, 0.2) is 5.11 Å². The van der Waals surface area contributed by atoms with Crippen molar-refractivity contribution in [3.8, 4) is 0 Å². The number of benzene rings is 1. The van der Waals surface area contributed by atoms with Gasteiger partial charge in [0.25, 0.3) is 0 Å². The standard InChI is InChI=1S/C16H17BrN2O2S2/c1-4-21-15(20)13-9(2)10(3)23-14(13)19-16(22)18-12-7-5-6-11(17)8-12/h5-8H,4H2,1-3H3,(H2,18,19,22). The van der Waals surface area contributed by atoms with Crippen molar-refractivity contribution in [2.75, 3.05) is 17.2 Å². The molecule has 1 heterocycles. The third-order valence-corrected chi connectivity index (χ3v) is 4.99. The highest BCUT2D eigenvalue weighted by Gasteiger charge is 2.21. The Kier molecular flexibility index (Phi) is 6.15. The van der Waals surface area contributed by atoms with Crippen LogP contribution in [-0.2, 0) is 4.74 Å². The number of carbonyl (C=O) groups excluding carboxylic acids is 1. The van der Waals surface area contributed by atoms with E-state index in [4.69, 9.17) is 17.0 Å². The van der Waals surface area contributed by atoms with E-state index < -0.39 is 0 Å². The van der Waals surface area contributed by atoms with E-state index in [-0.39, 0.29) is 5.97 Å². The van der Waals surface area contributed by atoms with E-state index in [1.807, 2.05) is 38.1 Å². The lowest BCUT2D eigenvalue weighted by Crippen LogP contribution is -2.20. The van der Waals surface area contributed by atoms with Gasteiger partial charge in [-0.05, 0) is 56.8 Å². The SMILES string of the molecule is CCOC(=O)c1c(NC(=S)Nc2cccc(Br)c2)sc(C)c1C. The summed E-state index contributed by atoms with van der Waals surface area (Å²) in [6, 6.07) is 7.69. The monoisotopic (exact) mass is 412 g/mol. The zero-order chi connectivity index (χ0) is 17.0. The van der Waals surface area contributed by atoms with Gasteiger partial charge in [-0.2, -0.15) is 0 Å². The molecule has 0 spiro atoms. The van der Waals surface area contributed by atoms with Gasteiger partial charge in [0.05, 0.1) is 12.2 Å². The number of thiophene rings is 1. The predicted octanol–water partition coefficient (Wildman–Crippen LogP) is 5.11. The van der Waals surface area contributed by atoms with Crippen molar-refractivity contribution in [3.63, 3.8) is 0 Å². The van der Waals surface area contributed by atoms with E-state index in [2.05, 4.69) is 26.6 Å². The molecule has 7 heteroatoms. The molecule has 0 saturated carbocycles. The summed E-state index contributed by atoms with van der Waals surface area (Å²) in [5.74, 6) is -0.331. The molecule has 0 radical (unpaired) electrons. The lowest BCUT2D eigenvalue weighted by molar-refractivity contribution is 0.0527. The summed E-state index contributed by atoms with van der Waals surface area (Å²) in [5.41, 5.74) is 2.33.